The average molecular weight is 476 g/mol. The van der Waals surface area contributed by atoms with Crippen molar-refractivity contribution in [1.82, 2.24) is 15.0 Å². The first-order chi connectivity index (χ1) is 15.8. The predicted molar refractivity (Wildman–Crippen MR) is 133 cm³/mol. The second-order valence-corrected chi connectivity index (χ2v) is 9.46. The van der Waals surface area contributed by atoms with E-state index in [1.54, 1.807) is 18.9 Å². The van der Waals surface area contributed by atoms with Gasteiger partial charge in [-0.1, -0.05) is 23.9 Å². The van der Waals surface area contributed by atoms with Crippen LogP contribution in [0, 0.1) is 6.92 Å². The molecule has 0 radical (unpaired) electrons. The SMILES string of the molecule is COCCCOCCCOCCCSc1ccnc(CSc2nc3ccccc3[nH]2)c1C. The molecule has 0 saturated carbocycles. The molecule has 32 heavy (non-hydrogen) atoms. The number of nitrogens with one attached hydrogen (secondary N) is 1. The van der Waals surface area contributed by atoms with E-state index < -0.39 is 0 Å². The van der Waals surface area contributed by atoms with Gasteiger partial charge in [0, 0.05) is 62.7 Å². The molecule has 0 atom stereocenters. The Kier molecular flexibility index (Phi) is 11.4. The van der Waals surface area contributed by atoms with Gasteiger partial charge >= 0.3 is 0 Å². The topological polar surface area (TPSA) is 69.3 Å². The van der Waals surface area contributed by atoms with Crippen LogP contribution in [0.25, 0.3) is 11.0 Å². The number of fused-ring (bicyclic) bond motifs is 1. The quantitative estimate of drug-likeness (QED) is 0.217. The third-order valence-electron chi connectivity index (χ3n) is 4.88. The van der Waals surface area contributed by atoms with Crippen LogP contribution >= 0.6 is 23.5 Å². The monoisotopic (exact) mass is 475 g/mol. The van der Waals surface area contributed by atoms with Crippen molar-refractivity contribution in [1.29, 1.82) is 0 Å². The maximum absolute atomic E-state index is 5.72. The van der Waals surface area contributed by atoms with Crippen LogP contribution in [0.3, 0.4) is 0 Å². The van der Waals surface area contributed by atoms with Crippen LogP contribution in [0.1, 0.15) is 30.5 Å². The molecule has 2 aromatic heterocycles. The number of hydrogen-bond acceptors (Lipinski definition) is 7. The van der Waals surface area contributed by atoms with Crippen molar-refractivity contribution in [2.24, 2.45) is 0 Å². The van der Waals surface area contributed by atoms with Gasteiger partial charge in [0.1, 0.15) is 0 Å². The number of aromatic amines is 1. The lowest BCUT2D eigenvalue weighted by Gasteiger charge is -2.10. The van der Waals surface area contributed by atoms with Gasteiger partial charge in [-0.15, -0.1) is 11.8 Å². The third-order valence-corrected chi connectivity index (χ3v) is 7.01. The molecule has 0 fully saturated rings. The molecule has 0 unspecified atom stereocenters. The number of pyridine rings is 1. The fourth-order valence-corrected chi connectivity index (χ4v) is 4.99. The zero-order valence-corrected chi connectivity index (χ0v) is 20.6. The third kappa shape index (κ3) is 8.41. The number of para-hydroxylation sites is 2. The van der Waals surface area contributed by atoms with Crippen LogP contribution in [-0.2, 0) is 20.0 Å². The first-order valence-corrected chi connectivity index (χ1v) is 13.0. The molecule has 1 N–H and O–H groups in total. The molecule has 0 aliphatic carbocycles. The van der Waals surface area contributed by atoms with Crippen LogP contribution in [-0.4, -0.2) is 60.8 Å². The number of H-pyrrole nitrogens is 1. The Bertz CT molecular complexity index is 903. The number of nitrogens with zero attached hydrogens (tertiary/aromatic N) is 2. The molecular formula is C24H33N3O3S2. The second-order valence-electron chi connectivity index (χ2n) is 7.36. The maximum atomic E-state index is 5.72. The molecule has 0 saturated heterocycles. The van der Waals surface area contributed by atoms with E-state index in [9.17, 15) is 0 Å². The van der Waals surface area contributed by atoms with Crippen molar-refractivity contribution in [2.75, 3.05) is 45.9 Å². The number of rotatable bonds is 16. The van der Waals surface area contributed by atoms with Crippen LogP contribution in [0.2, 0.25) is 0 Å². The summed E-state index contributed by atoms with van der Waals surface area (Å²) in [5.41, 5.74) is 4.44. The molecule has 3 rings (SSSR count). The number of aromatic nitrogens is 3. The van der Waals surface area contributed by atoms with Crippen molar-refractivity contribution in [2.45, 2.75) is 42.0 Å². The highest BCUT2D eigenvalue weighted by Crippen LogP contribution is 2.28. The van der Waals surface area contributed by atoms with E-state index in [0.717, 1.165) is 85.7 Å². The summed E-state index contributed by atoms with van der Waals surface area (Å²) < 4.78 is 16.2. The highest BCUT2D eigenvalue weighted by atomic mass is 32.2. The van der Waals surface area contributed by atoms with Gasteiger partial charge in [0.2, 0.25) is 0 Å². The summed E-state index contributed by atoms with van der Waals surface area (Å²) in [6.45, 7) is 5.97. The van der Waals surface area contributed by atoms with Gasteiger partial charge in [-0.2, -0.15) is 0 Å². The Balaban J connectivity index is 1.31. The summed E-state index contributed by atoms with van der Waals surface area (Å²) in [6, 6.07) is 10.2. The molecule has 0 aliphatic heterocycles. The number of benzene rings is 1. The largest absolute Gasteiger partial charge is 0.385 e. The Labute approximate surface area is 199 Å². The van der Waals surface area contributed by atoms with E-state index in [1.165, 1.54) is 10.5 Å². The molecular weight excluding hydrogens is 442 g/mol. The summed E-state index contributed by atoms with van der Waals surface area (Å²) in [5.74, 6) is 1.84. The minimum Gasteiger partial charge on any atom is -0.385 e. The smallest absolute Gasteiger partial charge is 0.166 e. The minimum absolute atomic E-state index is 0.753. The second kappa shape index (κ2) is 14.5. The maximum Gasteiger partial charge on any atom is 0.166 e. The number of methoxy groups -OCH3 is 1. The average Bonchev–Trinajstić information content (AvgIpc) is 3.23. The molecule has 1 aromatic carbocycles. The Morgan fingerprint density at radius 2 is 1.66 bits per heavy atom. The van der Waals surface area contributed by atoms with E-state index in [2.05, 4.69) is 34.0 Å². The van der Waals surface area contributed by atoms with E-state index in [1.807, 2.05) is 36.2 Å². The predicted octanol–water partition coefficient (Wildman–Crippen LogP) is 5.50. The van der Waals surface area contributed by atoms with Gasteiger partial charge in [-0.25, -0.2) is 4.98 Å². The molecule has 0 bridgehead atoms. The van der Waals surface area contributed by atoms with E-state index in [-0.39, 0.29) is 0 Å². The van der Waals surface area contributed by atoms with E-state index >= 15 is 0 Å². The summed E-state index contributed by atoms with van der Waals surface area (Å²) in [5, 5.41) is 0.933. The number of ether oxygens (including phenoxy) is 3. The lowest BCUT2D eigenvalue weighted by Crippen LogP contribution is -2.05. The molecule has 6 nitrogen and oxygen atoms in total. The van der Waals surface area contributed by atoms with E-state index in [4.69, 9.17) is 14.2 Å². The summed E-state index contributed by atoms with van der Waals surface area (Å²) in [4.78, 5) is 13.9. The summed E-state index contributed by atoms with van der Waals surface area (Å²) >= 11 is 3.57. The standard InChI is InChI=1S/C24H33N3O3S2/c1-19-22(18-32-24-26-20-8-3-4-9-21(20)27-24)25-11-10-23(19)31-17-7-16-30-15-6-14-29-13-5-12-28-2/h3-4,8-11H,5-7,12-18H2,1-2H3,(H,26,27). The first-order valence-electron chi connectivity index (χ1n) is 11.1. The van der Waals surface area contributed by atoms with Crippen molar-refractivity contribution in [3.05, 3.63) is 47.8 Å². The van der Waals surface area contributed by atoms with Crippen LogP contribution in [0.15, 0.2) is 46.6 Å². The molecule has 174 valence electrons. The first kappa shape index (κ1) is 25.1. The number of imidazole rings is 1. The molecule has 0 spiro atoms. The Morgan fingerprint density at radius 3 is 2.44 bits per heavy atom. The van der Waals surface area contributed by atoms with Gasteiger partial charge in [0.25, 0.3) is 0 Å². The molecule has 2 heterocycles. The Morgan fingerprint density at radius 1 is 0.906 bits per heavy atom. The fraction of sp³-hybridized carbons (Fsp3) is 0.500. The summed E-state index contributed by atoms with van der Waals surface area (Å²) in [7, 11) is 1.71. The zero-order valence-electron chi connectivity index (χ0n) is 19.0. The number of thioether (sulfide) groups is 2. The van der Waals surface area contributed by atoms with Gasteiger partial charge < -0.3 is 19.2 Å². The number of hydrogen-bond donors (Lipinski definition) is 1. The van der Waals surface area contributed by atoms with Crippen LogP contribution in [0.4, 0.5) is 0 Å². The minimum atomic E-state index is 0.753. The zero-order chi connectivity index (χ0) is 22.4. The molecule has 0 amide bonds. The van der Waals surface area contributed by atoms with Gasteiger partial charge in [0.15, 0.2) is 5.16 Å². The molecule has 3 aromatic rings. The van der Waals surface area contributed by atoms with Crippen LogP contribution < -0.4 is 0 Å². The lowest BCUT2D eigenvalue weighted by molar-refractivity contribution is 0.0720. The van der Waals surface area contributed by atoms with Gasteiger partial charge in [0.05, 0.1) is 16.7 Å². The van der Waals surface area contributed by atoms with Gasteiger partial charge in [-0.05, 0) is 49.9 Å². The highest BCUT2D eigenvalue weighted by molar-refractivity contribution is 7.99. The molecule has 0 aliphatic rings. The van der Waals surface area contributed by atoms with Crippen LogP contribution in [0.5, 0.6) is 0 Å². The van der Waals surface area contributed by atoms with Crippen molar-refractivity contribution >= 4 is 34.6 Å². The Hall–Kier alpha value is -1.58. The van der Waals surface area contributed by atoms with Gasteiger partial charge in [-0.3, -0.25) is 4.98 Å². The normalized spacial score (nSPS) is 11.4. The fourth-order valence-electron chi connectivity index (χ4n) is 3.11. The van der Waals surface area contributed by atoms with Crippen molar-refractivity contribution in [3.8, 4) is 0 Å². The highest BCUT2D eigenvalue weighted by Gasteiger charge is 2.09. The lowest BCUT2D eigenvalue weighted by atomic mass is 10.2. The van der Waals surface area contributed by atoms with E-state index in [0.29, 0.717) is 0 Å². The van der Waals surface area contributed by atoms with Crippen molar-refractivity contribution < 1.29 is 14.2 Å². The molecule has 8 heteroatoms. The summed E-state index contributed by atoms with van der Waals surface area (Å²) in [6.07, 6.45) is 4.83. The van der Waals surface area contributed by atoms with Crippen molar-refractivity contribution in [3.63, 3.8) is 0 Å².